The fourth-order valence-electron chi connectivity index (χ4n) is 1.42. The summed E-state index contributed by atoms with van der Waals surface area (Å²) in [6.45, 7) is 0.350. The molecule has 1 aromatic rings. The van der Waals surface area contributed by atoms with Gasteiger partial charge in [-0.05, 0) is 6.42 Å². The van der Waals surface area contributed by atoms with Crippen LogP contribution in [0.4, 0.5) is 8.78 Å². The number of hydrogen-bond donors (Lipinski definition) is 1. The van der Waals surface area contributed by atoms with Crippen LogP contribution in [0.15, 0.2) is 12.4 Å². The molecule has 0 saturated carbocycles. The van der Waals surface area contributed by atoms with Crippen LogP contribution in [0.25, 0.3) is 0 Å². The van der Waals surface area contributed by atoms with Gasteiger partial charge in [0.25, 0.3) is 0 Å². The first-order chi connectivity index (χ1) is 7.69. The molecule has 1 atom stereocenters. The van der Waals surface area contributed by atoms with Crippen molar-refractivity contribution in [2.75, 3.05) is 13.7 Å². The van der Waals surface area contributed by atoms with E-state index in [1.54, 1.807) is 7.11 Å². The highest BCUT2D eigenvalue weighted by Gasteiger charge is 2.12. The van der Waals surface area contributed by atoms with Crippen molar-refractivity contribution in [2.45, 2.75) is 32.5 Å². The third-order valence-corrected chi connectivity index (χ3v) is 2.37. The average molecular weight is 233 g/mol. The minimum Gasteiger partial charge on any atom is -0.383 e. The van der Waals surface area contributed by atoms with Gasteiger partial charge in [-0.3, -0.25) is 4.57 Å². The van der Waals surface area contributed by atoms with Gasteiger partial charge in [0.2, 0.25) is 0 Å². The Morgan fingerprint density at radius 2 is 2.31 bits per heavy atom. The topological polar surface area (TPSA) is 39.1 Å². The second-order valence-electron chi connectivity index (χ2n) is 3.47. The molecule has 0 aliphatic heterocycles. The summed E-state index contributed by atoms with van der Waals surface area (Å²) in [6.07, 6.45) is 3.53. The van der Waals surface area contributed by atoms with Crippen molar-refractivity contribution >= 4 is 0 Å². The Morgan fingerprint density at radius 3 is 2.88 bits per heavy atom. The summed E-state index contributed by atoms with van der Waals surface area (Å²) in [5.41, 5.74) is 0. The molecule has 92 valence electrons. The van der Waals surface area contributed by atoms with Gasteiger partial charge in [0.15, 0.2) is 0 Å². The van der Waals surface area contributed by atoms with Crippen molar-refractivity contribution < 1.29 is 13.5 Å². The molecule has 0 aliphatic carbocycles. The summed E-state index contributed by atoms with van der Waals surface area (Å²) in [4.78, 5) is 3.88. The van der Waals surface area contributed by atoms with Gasteiger partial charge >= 0.3 is 6.55 Å². The number of ether oxygens (including phenoxy) is 1. The van der Waals surface area contributed by atoms with Crippen LogP contribution < -0.4 is 5.32 Å². The molecule has 1 N–H and O–H groups in total. The van der Waals surface area contributed by atoms with Crippen molar-refractivity contribution in [1.29, 1.82) is 0 Å². The highest BCUT2D eigenvalue weighted by atomic mass is 19.3. The highest BCUT2D eigenvalue weighted by molar-refractivity contribution is 4.92. The molecule has 6 heteroatoms. The van der Waals surface area contributed by atoms with E-state index >= 15 is 0 Å². The molecule has 0 bridgehead atoms. The van der Waals surface area contributed by atoms with Crippen molar-refractivity contribution in [1.82, 2.24) is 14.9 Å². The lowest BCUT2D eigenvalue weighted by Crippen LogP contribution is -2.33. The third-order valence-electron chi connectivity index (χ3n) is 2.37. The van der Waals surface area contributed by atoms with Crippen LogP contribution in [0.5, 0.6) is 0 Å². The second kappa shape index (κ2) is 6.55. The Labute approximate surface area is 93.6 Å². The maximum atomic E-state index is 12.5. The second-order valence-corrected chi connectivity index (χ2v) is 3.47. The van der Waals surface area contributed by atoms with Gasteiger partial charge in [-0.2, -0.15) is 8.78 Å². The Morgan fingerprint density at radius 1 is 1.56 bits per heavy atom. The Bertz CT molecular complexity index is 304. The number of methoxy groups -OCH3 is 1. The molecule has 0 fully saturated rings. The van der Waals surface area contributed by atoms with Crippen LogP contribution in [0, 0.1) is 0 Å². The number of hydrogen-bond acceptors (Lipinski definition) is 3. The summed E-state index contributed by atoms with van der Waals surface area (Å²) >= 11 is 0. The zero-order valence-electron chi connectivity index (χ0n) is 9.49. The van der Waals surface area contributed by atoms with Crippen molar-refractivity contribution in [3.05, 3.63) is 18.2 Å². The van der Waals surface area contributed by atoms with Crippen LogP contribution >= 0.6 is 0 Å². The minimum atomic E-state index is -2.54. The molecule has 1 unspecified atom stereocenters. The summed E-state index contributed by atoms with van der Waals surface area (Å²) < 4.78 is 30.8. The molecule has 0 radical (unpaired) electrons. The van der Waals surface area contributed by atoms with E-state index in [0.717, 1.165) is 11.0 Å². The molecule has 0 amide bonds. The van der Waals surface area contributed by atoms with E-state index in [2.05, 4.69) is 10.3 Å². The Balaban J connectivity index is 2.49. The van der Waals surface area contributed by atoms with Gasteiger partial charge in [0.1, 0.15) is 5.82 Å². The van der Waals surface area contributed by atoms with Gasteiger partial charge < -0.3 is 10.1 Å². The molecule has 1 aromatic heterocycles. The molecular formula is C10H17F2N3O. The normalized spacial score (nSPS) is 13.3. The monoisotopic (exact) mass is 233 g/mol. The molecular weight excluding hydrogens is 216 g/mol. The lowest BCUT2D eigenvalue weighted by molar-refractivity contribution is 0.0661. The zero-order chi connectivity index (χ0) is 12.0. The minimum absolute atomic E-state index is 0.160. The number of alkyl halides is 2. The van der Waals surface area contributed by atoms with Crippen molar-refractivity contribution in [3.63, 3.8) is 0 Å². The summed E-state index contributed by atoms with van der Waals surface area (Å²) in [5, 5.41) is 3.13. The van der Waals surface area contributed by atoms with Crippen molar-refractivity contribution in [3.8, 4) is 0 Å². The fraction of sp³-hybridized carbons (Fsp3) is 0.700. The maximum absolute atomic E-state index is 12.5. The van der Waals surface area contributed by atoms with Crippen LogP contribution in [0.2, 0.25) is 0 Å². The molecule has 0 aromatic carbocycles. The largest absolute Gasteiger partial charge is 0.383 e. The predicted molar refractivity (Wildman–Crippen MR) is 56.3 cm³/mol. The van der Waals surface area contributed by atoms with Gasteiger partial charge in [-0.1, -0.05) is 6.92 Å². The first kappa shape index (κ1) is 13.1. The van der Waals surface area contributed by atoms with Gasteiger partial charge in [-0.15, -0.1) is 0 Å². The van der Waals surface area contributed by atoms with E-state index in [9.17, 15) is 8.78 Å². The lowest BCUT2D eigenvalue weighted by Gasteiger charge is -2.16. The van der Waals surface area contributed by atoms with Crippen LogP contribution in [-0.2, 0) is 11.3 Å². The predicted octanol–water partition coefficient (Wildman–Crippen LogP) is 1.79. The third kappa shape index (κ3) is 3.53. The quantitative estimate of drug-likeness (QED) is 0.780. The summed E-state index contributed by atoms with van der Waals surface area (Å²) in [5.74, 6) is 0.338. The molecule has 1 rings (SSSR count). The standard InChI is InChI=1S/C10H17F2N3O/c1-3-8(7-16-2)14-6-9-13-4-5-15(9)10(11)12/h4-5,8,10,14H,3,6-7H2,1-2H3. The lowest BCUT2D eigenvalue weighted by atomic mass is 10.2. The number of halogens is 2. The summed E-state index contributed by atoms with van der Waals surface area (Å²) in [7, 11) is 1.62. The molecule has 4 nitrogen and oxygen atoms in total. The van der Waals surface area contributed by atoms with E-state index in [0.29, 0.717) is 19.0 Å². The van der Waals surface area contributed by atoms with E-state index in [1.165, 1.54) is 12.4 Å². The maximum Gasteiger partial charge on any atom is 0.319 e. The first-order valence-corrected chi connectivity index (χ1v) is 5.21. The van der Waals surface area contributed by atoms with E-state index in [1.807, 2.05) is 6.92 Å². The number of rotatable bonds is 7. The van der Waals surface area contributed by atoms with E-state index < -0.39 is 6.55 Å². The highest BCUT2D eigenvalue weighted by Crippen LogP contribution is 2.12. The number of imidazole rings is 1. The summed E-state index contributed by atoms with van der Waals surface area (Å²) in [6, 6.07) is 0.160. The van der Waals surface area contributed by atoms with Crippen LogP contribution in [0.1, 0.15) is 25.7 Å². The zero-order valence-corrected chi connectivity index (χ0v) is 9.49. The van der Waals surface area contributed by atoms with E-state index in [4.69, 9.17) is 4.74 Å². The van der Waals surface area contributed by atoms with Gasteiger partial charge in [-0.25, -0.2) is 4.98 Å². The Kier molecular flexibility index (Phi) is 5.34. The van der Waals surface area contributed by atoms with Gasteiger partial charge in [0.05, 0.1) is 13.2 Å². The molecule has 1 heterocycles. The van der Waals surface area contributed by atoms with Gasteiger partial charge in [0, 0.05) is 25.5 Å². The first-order valence-electron chi connectivity index (χ1n) is 5.21. The van der Waals surface area contributed by atoms with Crippen LogP contribution in [0.3, 0.4) is 0 Å². The van der Waals surface area contributed by atoms with E-state index in [-0.39, 0.29) is 6.04 Å². The average Bonchev–Trinajstić information content (AvgIpc) is 2.72. The molecule has 16 heavy (non-hydrogen) atoms. The number of aromatic nitrogens is 2. The Hall–Kier alpha value is -1.01. The molecule has 0 spiro atoms. The molecule has 0 saturated heterocycles. The SMILES string of the molecule is CCC(COC)NCc1nccn1C(F)F. The molecule has 0 aliphatic rings. The van der Waals surface area contributed by atoms with Crippen LogP contribution in [-0.4, -0.2) is 29.3 Å². The van der Waals surface area contributed by atoms with Crippen molar-refractivity contribution in [2.24, 2.45) is 0 Å². The smallest absolute Gasteiger partial charge is 0.319 e. The number of nitrogens with one attached hydrogen (secondary N) is 1. The fourth-order valence-corrected chi connectivity index (χ4v) is 1.42. The number of nitrogens with zero attached hydrogens (tertiary/aromatic N) is 2.